The second-order valence-electron chi connectivity index (χ2n) is 12.4. The summed E-state index contributed by atoms with van der Waals surface area (Å²) < 4.78 is 13.9. The number of hydrogen-bond donors (Lipinski definition) is 3. The number of pyridine rings is 1. The maximum Gasteiger partial charge on any atom is 0.255 e. The average Bonchev–Trinajstić information content (AvgIpc) is 3.56. The van der Waals surface area contributed by atoms with Crippen LogP contribution in [0.2, 0.25) is 0 Å². The maximum atomic E-state index is 13.2. The zero-order valence-electron chi connectivity index (χ0n) is 22.7. The Hall–Kier alpha value is -3.59. The third-order valence-corrected chi connectivity index (χ3v) is 8.18. The Labute approximate surface area is 227 Å². The van der Waals surface area contributed by atoms with Crippen LogP contribution < -0.4 is 20.5 Å². The fraction of sp³-hybridized carbons (Fsp3) is 0.500. The molecule has 1 spiro atoms. The van der Waals surface area contributed by atoms with E-state index in [-0.39, 0.29) is 30.1 Å². The monoisotopic (exact) mass is 532 g/mol. The van der Waals surface area contributed by atoms with Gasteiger partial charge in [-0.3, -0.25) is 9.59 Å². The molecule has 3 fully saturated rings. The zero-order chi connectivity index (χ0) is 27.5. The Balaban J connectivity index is 1.07. The van der Waals surface area contributed by atoms with Crippen LogP contribution in [0.1, 0.15) is 90.3 Å². The van der Waals surface area contributed by atoms with Crippen LogP contribution in [0.4, 0.5) is 0 Å². The number of nitrogens with one attached hydrogen (secondary N) is 1. The minimum Gasteiger partial charge on any atom is -0.490 e. The van der Waals surface area contributed by atoms with Crippen molar-refractivity contribution in [2.24, 2.45) is 11.1 Å². The van der Waals surface area contributed by atoms with E-state index in [1.807, 2.05) is 35.7 Å². The fourth-order valence-corrected chi connectivity index (χ4v) is 6.12. The molecule has 206 valence electrons. The van der Waals surface area contributed by atoms with Crippen molar-refractivity contribution in [1.29, 1.82) is 0 Å². The lowest BCUT2D eigenvalue weighted by Gasteiger charge is -2.57. The third-order valence-electron chi connectivity index (χ3n) is 8.18. The van der Waals surface area contributed by atoms with Crippen molar-refractivity contribution in [3.8, 4) is 11.5 Å². The molecule has 4 N–H and O–H groups in total. The van der Waals surface area contributed by atoms with E-state index >= 15 is 0 Å². The van der Waals surface area contributed by atoms with Gasteiger partial charge in [-0.25, -0.2) is 4.52 Å². The molecule has 0 saturated heterocycles. The lowest BCUT2D eigenvalue weighted by atomic mass is 9.53. The molecule has 6 rings (SSSR count). The van der Waals surface area contributed by atoms with Crippen LogP contribution in [0.3, 0.4) is 0 Å². The van der Waals surface area contributed by atoms with Gasteiger partial charge >= 0.3 is 0 Å². The molecule has 0 unspecified atom stereocenters. The van der Waals surface area contributed by atoms with E-state index in [2.05, 4.69) is 10.4 Å². The summed E-state index contributed by atoms with van der Waals surface area (Å²) in [4.78, 5) is 25.0. The average molecular weight is 533 g/mol. The molecule has 3 saturated carbocycles. The van der Waals surface area contributed by atoms with Gasteiger partial charge < -0.3 is 25.6 Å². The van der Waals surface area contributed by atoms with Crippen LogP contribution in [0.15, 0.2) is 36.5 Å². The predicted octanol–water partition coefficient (Wildman–Crippen LogP) is 3.89. The number of nitrogens with two attached hydrogens (primary N) is 1. The van der Waals surface area contributed by atoms with Crippen molar-refractivity contribution in [3.05, 3.63) is 58.9 Å². The number of benzene rings is 1. The summed E-state index contributed by atoms with van der Waals surface area (Å²) in [6.45, 7) is 5.56. The molecule has 1 aromatic carbocycles. The number of nitrogens with zero attached hydrogens (tertiary/aromatic N) is 2. The topological polar surface area (TPSA) is 128 Å². The number of aliphatic hydroxyl groups is 1. The van der Waals surface area contributed by atoms with E-state index in [0.717, 1.165) is 55.3 Å². The first-order valence-corrected chi connectivity index (χ1v) is 13.7. The number of hydrogen-bond acceptors (Lipinski definition) is 6. The number of fused-ring (bicyclic) bond motifs is 1. The van der Waals surface area contributed by atoms with Gasteiger partial charge in [0, 0.05) is 12.0 Å². The van der Waals surface area contributed by atoms with Gasteiger partial charge in [0.1, 0.15) is 18.1 Å². The number of rotatable bonds is 9. The van der Waals surface area contributed by atoms with Gasteiger partial charge in [-0.05, 0) is 94.5 Å². The predicted molar refractivity (Wildman–Crippen MR) is 145 cm³/mol. The Morgan fingerprint density at radius 1 is 1.13 bits per heavy atom. The van der Waals surface area contributed by atoms with Crippen LogP contribution in [0.5, 0.6) is 11.5 Å². The quantitative estimate of drug-likeness (QED) is 0.384. The Morgan fingerprint density at radius 2 is 1.87 bits per heavy atom. The number of carbonyl (C=O) groups excluding carboxylic acids is 2. The summed E-state index contributed by atoms with van der Waals surface area (Å²) >= 11 is 0. The highest BCUT2D eigenvalue weighted by Crippen LogP contribution is 2.57. The highest BCUT2D eigenvalue weighted by atomic mass is 16.5. The Kier molecular flexibility index (Phi) is 6.10. The van der Waals surface area contributed by atoms with Gasteiger partial charge in [0.05, 0.1) is 40.2 Å². The minimum atomic E-state index is -0.940. The summed E-state index contributed by atoms with van der Waals surface area (Å²) in [5.74, 6) is 1.01. The van der Waals surface area contributed by atoms with E-state index < -0.39 is 11.5 Å². The molecule has 0 aliphatic heterocycles. The molecular weight excluding hydrogens is 496 g/mol. The number of primary amides is 1. The standard InChI is InChI=1S/C30H36N4O5/c1-17-4-7-21(27(31)35)25(10-17)39-20-13-30(14-20)11-19(12-30)33-28(36)22-15-32-34-23(22)8-9-24(26(34)18-5-6-18)38-16-29(2,3)37/h4,7-10,15,18-20,37H,5-6,11-14,16H2,1-3H3,(H2,31,35)(H,33,36). The highest BCUT2D eigenvalue weighted by Gasteiger charge is 2.54. The molecule has 39 heavy (non-hydrogen) atoms. The zero-order valence-corrected chi connectivity index (χ0v) is 22.7. The van der Waals surface area contributed by atoms with E-state index in [0.29, 0.717) is 28.5 Å². The Bertz CT molecular complexity index is 1440. The van der Waals surface area contributed by atoms with Gasteiger partial charge in [-0.2, -0.15) is 5.10 Å². The molecule has 3 aromatic rings. The third kappa shape index (κ3) is 5.07. The molecule has 9 nitrogen and oxygen atoms in total. The van der Waals surface area contributed by atoms with Gasteiger partial charge in [0.15, 0.2) is 0 Å². The highest BCUT2D eigenvalue weighted by molar-refractivity contribution is 6.01. The first kappa shape index (κ1) is 25.7. The van der Waals surface area contributed by atoms with Crippen LogP contribution in [0, 0.1) is 12.3 Å². The van der Waals surface area contributed by atoms with Crippen molar-refractivity contribution in [3.63, 3.8) is 0 Å². The molecule has 0 radical (unpaired) electrons. The van der Waals surface area contributed by atoms with Crippen LogP contribution >= 0.6 is 0 Å². The van der Waals surface area contributed by atoms with E-state index in [1.54, 1.807) is 26.1 Å². The molecule has 2 amide bonds. The van der Waals surface area contributed by atoms with Gasteiger partial charge in [0.25, 0.3) is 11.8 Å². The van der Waals surface area contributed by atoms with Crippen LogP contribution in [-0.2, 0) is 0 Å². The van der Waals surface area contributed by atoms with E-state index in [4.69, 9.17) is 15.2 Å². The second-order valence-corrected chi connectivity index (χ2v) is 12.4. The van der Waals surface area contributed by atoms with Crippen molar-refractivity contribution in [1.82, 2.24) is 14.9 Å². The van der Waals surface area contributed by atoms with E-state index in [1.165, 1.54) is 0 Å². The molecule has 9 heteroatoms. The Morgan fingerprint density at radius 3 is 2.54 bits per heavy atom. The number of ether oxygens (including phenoxy) is 2. The summed E-state index contributed by atoms with van der Waals surface area (Å²) in [5, 5.41) is 17.8. The maximum absolute atomic E-state index is 13.2. The molecule has 0 atom stereocenters. The lowest BCUT2D eigenvalue weighted by molar-refractivity contribution is -0.0834. The number of aryl methyl sites for hydroxylation is 1. The van der Waals surface area contributed by atoms with E-state index in [9.17, 15) is 14.7 Å². The summed E-state index contributed by atoms with van der Waals surface area (Å²) in [5.41, 5.74) is 8.47. The SMILES string of the molecule is Cc1ccc(C(N)=O)c(OC2CC3(CC(NC(=O)c4cnn5c(C6CC6)c(OCC(C)(C)O)ccc45)C3)C2)c1. The summed E-state index contributed by atoms with van der Waals surface area (Å²) in [6.07, 6.45) is 7.43. The minimum absolute atomic E-state index is 0.0508. The first-order chi connectivity index (χ1) is 18.5. The van der Waals surface area contributed by atoms with Gasteiger partial charge in [-0.1, -0.05) is 6.07 Å². The fourth-order valence-electron chi connectivity index (χ4n) is 6.12. The lowest BCUT2D eigenvalue weighted by Crippen LogP contribution is -2.58. The van der Waals surface area contributed by atoms with Crippen molar-refractivity contribution in [2.75, 3.05) is 6.61 Å². The largest absolute Gasteiger partial charge is 0.490 e. The van der Waals surface area contributed by atoms with Crippen LogP contribution in [-0.4, -0.2) is 50.9 Å². The normalized spacial score (nSPS) is 24.2. The molecule has 3 aliphatic carbocycles. The van der Waals surface area contributed by atoms with Crippen molar-refractivity contribution < 1.29 is 24.2 Å². The second kappa shape index (κ2) is 9.26. The van der Waals surface area contributed by atoms with Crippen molar-refractivity contribution in [2.45, 2.75) is 83.0 Å². The number of carbonyl (C=O) groups is 2. The summed E-state index contributed by atoms with van der Waals surface area (Å²) in [6, 6.07) is 9.31. The molecular formula is C30H36N4O5. The number of amides is 2. The molecule has 3 aliphatic rings. The number of aromatic nitrogens is 2. The molecule has 2 heterocycles. The molecule has 0 bridgehead atoms. The summed E-state index contributed by atoms with van der Waals surface area (Å²) in [7, 11) is 0. The van der Waals surface area contributed by atoms with Crippen LogP contribution in [0.25, 0.3) is 5.52 Å². The smallest absolute Gasteiger partial charge is 0.255 e. The first-order valence-electron chi connectivity index (χ1n) is 13.7. The van der Waals surface area contributed by atoms with Gasteiger partial charge in [0.2, 0.25) is 0 Å². The van der Waals surface area contributed by atoms with Gasteiger partial charge in [-0.15, -0.1) is 0 Å². The van der Waals surface area contributed by atoms with Crippen molar-refractivity contribution >= 4 is 17.3 Å². The molecule has 2 aromatic heterocycles.